The molecule has 2 N–H and O–H groups in total. The Balaban J connectivity index is 2.65. The van der Waals surface area contributed by atoms with Crippen molar-refractivity contribution in [2.45, 2.75) is 19.8 Å². The largest absolute Gasteiger partial charge is 0.367 e. The molecule has 0 aliphatic heterocycles. The third-order valence-electron chi connectivity index (χ3n) is 2.54. The molecule has 0 aliphatic carbocycles. The summed E-state index contributed by atoms with van der Waals surface area (Å²) < 4.78 is 18.3. The van der Waals surface area contributed by atoms with Gasteiger partial charge in [0, 0.05) is 11.1 Å². The number of halogens is 2. The smallest absolute Gasteiger partial charge is 0.226 e. The number of aromatic nitrogens is 1. The molecule has 0 fully saturated rings. The molecule has 0 saturated carbocycles. The highest BCUT2D eigenvalue weighted by molar-refractivity contribution is 6.33. The molecular weight excluding hydrogens is 243 g/mol. The van der Waals surface area contributed by atoms with Crippen LogP contribution in [0.3, 0.4) is 0 Å². The van der Waals surface area contributed by atoms with Crippen LogP contribution >= 0.6 is 11.6 Å². The van der Waals surface area contributed by atoms with Crippen molar-refractivity contribution in [1.29, 1.82) is 0 Å². The van der Waals surface area contributed by atoms with Crippen molar-refractivity contribution in [3.05, 3.63) is 34.6 Å². The van der Waals surface area contributed by atoms with Gasteiger partial charge < -0.3 is 10.3 Å². The Labute approximate surface area is 103 Å². The first-order valence-electron chi connectivity index (χ1n) is 5.21. The minimum atomic E-state index is -0.486. The molecule has 0 amide bonds. The quantitative estimate of drug-likeness (QED) is 0.886. The van der Waals surface area contributed by atoms with Crippen LogP contribution in [0.4, 0.5) is 10.3 Å². The van der Waals surface area contributed by atoms with E-state index in [1.54, 1.807) is 12.1 Å². The van der Waals surface area contributed by atoms with Gasteiger partial charge >= 0.3 is 0 Å². The number of hydrogen-bond donors (Lipinski definition) is 1. The lowest BCUT2D eigenvalue weighted by Crippen LogP contribution is -1.95. The van der Waals surface area contributed by atoms with E-state index in [0.29, 0.717) is 11.3 Å². The number of nitrogens with two attached hydrogens (primary N) is 1. The Morgan fingerprint density at radius 3 is 2.76 bits per heavy atom. The van der Waals surface area contributed by atoms with E-state index < -0.39 is 5.82 Å². The first-order chi connectivity index (χ1) is 8.02. The van der Waals surface area contributed by atoms with Gasteiger partial charge in [0.2, 0.25) is 5.88 Å². The average Bonchev–Trinajstić information content (AvgIpc) is 2.64. The number of nitrogens with zero attached hydrogens (tertiary/aromatic N) is 1. The standard InChI is InChI=1S/C12H12ClFN2O/c1-6(2)9-11(16-17-12(9)15)7-4-3-5-8(14)10(7)13/h3-6H,15H2,1-2H3. The fourth-order valence-corrected chi connectivity index (χ4v) is 1.96. The Hall–Kier alpha value is -1.55. The first kappa shape index (κ1) is 11.9. The van der Waals surface area contributed by atoms with Gasteiger partial charge in [-0.1, -0.05) is 42.7 Å². The van der Waals surface area contributed by atoms with Crippen LogP contribution in [-0.2, 0) is 0 Å². The van der Waals surface area contributed by atoms with Gasteiger partial charge in [0.15, 0.2) is 0 Å². The van der Waals surface area contributed by atoms with Crippen molar-refractivity contribution >= 4 is 17.5 Å². The van der Waals surface area contributed by atoms with E-state index in [1.165, 1.54) is 6.07 Å². The summed E-state index contributed by atoms with van der Waals surface area (Å²) in [5, 5.41) is 3.89. The molecule has 0 spiro atoms. The van der Waals surface area contributed by atoms with E-state index in [9.17, 15) is 4.39 Å². The summed E-state index contributed by atoms with van der Waals surface area (Å²) in [5.41, 5.74) is 7.45. The van der Waals surface area contributed by atoms with E-state index >= 15 is 0 Å². The van der Waals surface area contributed by atoms with Gasteiger partial charge in [0.05, 0.1) is 5.02 Å². The van der Waals surface area contributed by atoms with Gasteiger partial charge in [-0.2, -0.15) is 0 Å². The zero-order valence-electron chi connectivity index (χ0n) is 9.50. The van der Waals surface area contributed by atoms with Crippen LogP contribution in [-0.4, -0.2) is 5.16 Å². The minimum Gasteiger partial charge on any atom is -0.367 e. The first-order valence-corrected chi connectivity index (χ1v) is 5.59. The molecule has 0 aliphatic rings. The average molecular weight is 255 g/mol. The van der Waals surface area contributed by atoms with Gasteiger partial charge in [-0.05, 0) is 12.0 Å². The molecule has 1 heterocycles. The number of hydrogen-bond acceptors (Lipinski definition) is 3. The van der Waals surface area contributed by atoms with Crippen LogP contribution in [0.25, 0.3) is 11.3 Å². The van der Waals surface area contributed by atoms with Crippen molar-refractivity contribution < 1.29 is 8.91 Å². The molecule has 0 radical (unpaired) electrons. The van der Waals surface area contributed by atoms with Crippen molar-refractivity contribution in [3.8, 4) is 11.3 Å². The highest BCUT2D eigenvalue weighted by Crippen LogP contribution is 2.37. The van der Waals surface area contributed by atoms with Gasteiger partial charge in [-0.15, -0.1) is 0 Å². The molecule has 1 aromatic heterocycles. The molecule has 90 valence electrons. The molecule has 2 aromatic rings. The van der Waals surface area contributed by atoms with Crippen LogP contribution < -0.4 is 5.73 Å². The van der Waals surface area contributed by atoms with Crippen LogP contribution in [0.15, 0.2) is 22.7 Å². The fraction of sp³-hybridized carbons (Fsp3) is 0.250. The molecular formula is C12H12ClFN2O. The van der Waals surface area contributed by atoms with Gasteiger partial charge in [-0.25, -0.2) is 4.39 Å². The topological polar surface area (TPSA) is 52.0 Å². The Bertz CT molecular complexity index is 551. The number of anilines is 1. The lowest BCUT2D eigenvalue weighted by atomic mass is 9.99. The summed E-state index contributed by atoms with van der Waals surface area (Å²) in [6.07, 6.45) is 0. The van der Waals surface area contributed by atoms with Crippen molar-refractivity contribution in [2.75, 3.05) is 5.73 Å². The monoisotopic (exact) mass is 254 g/mol. The van der Waals surface area contributed by atoms with E-state index in [4.69, 9.17) is 21.9 Å². The van der Waals surface area contributed by atoms with Crippen molar-refractivity contribution in [1.82, 2.24) is 5.16 Å². The number of benzene rings is 1. The summed E-state index contributed by atoms with van der Waals surface area (Å²) >= 11 is 5.92. The second kappa shape index (κ2) is 4.37. The zero-order valence-corrected chi connectivity index (χ0v) is 10.3. The Morgan fingerprint density at radius 1 is 1.41 bits per heavy atom. The zero-order chi connectivity index (χ0) is 12.6. The lowest BCUT2D eigenvalue weighted by molar-refractivity contribution is 0.438. The summed E-state index contributed by atoms with van der Waals surface area (Å²) in [4.78, 5) is 0. The van der Waals surface area contributed by atoms with Crippen molar-refractivity contribution in [2.24, 2.45) is 0 Å². The number of nitrogen functional groups attached to an aromatic ring is 1. The lowest BCUT2D eigenvalue weighted by Gasteiger charge is -2.07. The molecule has 5 heteroatoms. The SMILES string of the molecule is CC(C)c1c(-c2cccc(F)c2Cl)noc1N. The highest BCUT2D eigenvalue weighted by Gasteiger charge is 2.21. The van der Waals surface area contributed by atoms with E-state index in [2.05, 4.69) is 5.16 Å². The molecule has 0 unspecified atom stereocenters. The maximum Gasteiger partial charge on any atom is 0.226 e. The van der Waals surface area contributed by atoms with Crippen LogP contribution in [0.1, 0.15) is 25.3 Å². The molecule has 17 heavy (non-hydrogen) atoms. The normalized spacial score (nSPS) is 11.1. The van der Waals surface area contributed by atoms with E-state index in [0.717, 1.165) is 5.56 Å². The summed E-state index contributed by atoms with van der Waals surface area (Å²) in [6, 6.07) is 4.56. The maximum atomic E-state index is 13.4. The minimum absolute atomic E-state index is 0.0303. The van der Waals surface area contributed by atoms with Crippen LogP contribution in [0.5, 0.6) is 0 Å². The fourth-order valence-electron chi connectivity index (χ4n) is 1.75. The predicted octanol–water partition coefficient (Wildman–Crippen LogP) is 3.84. The predicted molar refractivity (Wildman–Crippen MR) is 65.4 cm³/mol. The third kappa shape index (κ3) is 2.00. The second-order valence-corrected chi connectivity index (χ2v) is 4.44. The van der Waals surface area contributed by atoms with Gasteiger partial charge in [0.1, 0.15) is 11.5 Å². The highest BCUT2D eigenvalue weighted by atomic mass is 35.5. The Kier molecular flexibility index (Phi) is 3.07. The van der Waals surface area contributed by atoms with Crippen molar-refractivity contribution in [3.63, 3.8) is 0 Å². The van der Waals surface area contributed by atoms with E-state index in [-0.39, 0.29) is 16.8 Å². The molecule has 0 bridgehead atoms. The molecule has 3 nitrogen and oxygen atoms in total. The molecule has 0 saturated heterocycles. The van der Waals surface area contributed by atoms with Gasteiger partial charge in [-0.3, -0.25) is 0 Å². The van der Waals surface area contributed by atoms with Gasteiger partial charge in [0.25, 0.3) is 0 Å². The maximum absolute atomic E-state index is 13.4. The van der Waals surface area contributed by atoms with E-state index in [1.807, 2.05) is 13.8 Å². The second-order valence-electron chi connectivity index (χ2n) is 4.07. The third-order valence-corrected chi connectivity index (χ3v) is 2.92. The number of rotatable bonds is 2. The molecule has 1 aromatic carbocycles. The molecule has 2 rings (SSSR count). The summed E-state index contributed by atoms with van der Waals surface area (Å²) in [7, 11) is 0. The Morgan fingerprint density at radius 2 is 2.12 bits per heavy atom. The molecule has 0 atom stereocenters. The summed E-state index contributed by atoms with van der Waals surface area (Å²) in [6.45, 7) is 3.92. The summed E-state index contributed by atoms with van der Waals surface area (Å²) in [5.74, 6) is -0.119. The van der Waals surface area contributed by atoms with Crippen LogP contribution in [0, 0.1) is 5.82 Å². The van der Waals surface area contributed by atoms with Crippen LogP contribution in [0.2, 0.25) is 5.02 Å².